The summed E-state index contributed by atoms with van der Waals surface area (Å²) >= 11 is 0. The smallest absolute Gasteiger partial charge is 0.295 e. The number of hydrogen-bond acceptors (Lipinski definition) is 5. The third-order valence-electron chi connectivity index (χ3n) is 5.79. The summed E-state index contributed by atoms with van der Waals surface area (Å²) in [5.74, 6) is 0.498. The molecule has 0 saturated heterocycles. The molecule has 0 aromatic heterocycles. The third-order valence-corrected chi connectivity index (χ3v) is 7.53. The lowest BCUT2D eigenvalue weighted by Crippen LogP contribution is -2.29. The Bertz CT molecular complexity index is 1680. The van der Waals surface area contributed by atoms with E-state index in [0.29, 0.717) is 27.9 Å². The second-order valence-corrected chi connectivity index (χ2v) is 10.7. The van der Waals surface area contributed by atoms with Crippen molar-refractivity contribution in [1.29, 1.82) is 0 Å². The maximum atomic E-state index is 12.3. The molecule has 0 radical (unpaired) electrons. The monoisotopic (exact) mass is 502 g/mol. The van der Waals surface area contributed by atoms with Gasteiger partial charge in [-0.1, -0.05) is 18.2 Å². The van der Waals surface area contributed by atoms with Gasteiger partial charge in [-0.2, -0.15) is 16.8 Å². The first-order valence-corrected chi connectivity index (χ1v) is 13.5. The van der Waals surface area contributed by atoms with Crippen LogP contribution in [0.25, 0.3) is 33.4 Å². The maximum absolute atomic E-state index is 12.3. The van der Waals surface area contributed by atoms with Gasteiger partial charge in [0.1, 0.15) is 29.3 Å². The molecule has 0 amide bonds. The van der Waals surface area contributed by atoms with Crippen molar-refractivity contribution < 1.29 is 30.4 Å². The number of benzene rings is 3. The molecule has 0 spiro atoms. The highest BCUT2D eigenvalue weighted by Gasteiger charge is 2.26. The number of aryl methyl sites for hydroxylation is 1. The van der Waals surface area contributed by atoms with E-state index in [9.17, 15) is 25.9 Å². The van der Waals surface area contributed by atoms with Crippen LogP contribution in [0, 0.1) is 6.92 Å². The van der Waals surface area contributed by atoms with Crippen LogP contribution in [-0.2, 0) is 20.2 Å². The molecule has 0 unspecified atom stereocenters. The highest BCUT2D eigenvalue weighted by atomic mass is 32.2. The Morgan fingerprint density at radius 2 is 1.50 bits per heavy atom. The predicted octanol–water partition coefficient (Wildman–Crippen LogP) is 3.82. The van der Waals surface area contributed by atoms with Gasteiger partial charge < -0.3 is 4.42 Å². The number of nitrogens with zero attached hydrogens (tertiary/aromatic N) is 1. The lowest BCUT2D eigenvalue weighted by Gasteiger charge is -2.17. The molecule has 0 fully saturated rings. The van der Waals surface area contributed by atoms with Crippen LogP contribution in [0.4, 0.5) is 0 Å². The molecule has 0 bridgehead atoms. The van der Waals surface area contributed by atoms with Crippen LogP contribution >= 0.6 is 0 Å². The van der Waals surface area contributed by atoms with Gasteiger partial charge in [0.15, 0.2) is 0 Å². The van der Waals surface area contributed by atoms with Crippen molar-refractivity contribution in [2.75, 3.05) is 13.1 Å². The minimum atomic E-state index is -4.85. The summed E-state index contributed by atoms with van der Waals surface area (Å²) in [6.45, 7) is 7.54. The molecule has 178 valence electrons. The van der Waals surface area contributed by atoms with Crippen molar-refractivity contribution in [3.8, 4) is 22.5 Å². The van der Waals surface area contributed by atoms with E-state index in [1.54, 1.807) is 6.07 Å². The topological polar surface area (TPSA) is 125 Å². The first kappa shape index (κ1) is 24.1. The number of hydrogen-bond donors (Lipinski definition) is 2. The summed E-state index contributed by atoms with van der Waals surface area (Å²) in [5, 5.41) is 1.51. The molecule has 4 rings (SSSR count). The SMILES string of the molecule is CC[N+](CC)=c1ccc2c(-c3ccc(S(=O)(=O)O)cc3S(=O)(=O)O)c3ccc(C)cc3oc-2c1. The Morgan fingerprint density at radius 1 is 0.824 bits per heavy atom. The molecule has 1 aliphatic heterocycles. The van der Waals surface area contributed by atoms with Crippen LogP contribution in [0.3, 0.4) is 0 Å². The lowest BCUT2D eigenvalue weighted by molar-refractivity contribution is 0.481. The van der Waals surface area contributed by atoms with Crippen LogP contribution in [0.1, 0.15) is 19.4 Å². The van der Waals surface area contributed by atoms with Crippen molar-refractivity contribution in [3.63, 3.8) is 0 Å². The van der Waals surface area contributed by atoms with Gasteiger partial charge in [0.2, 0.25) is 5.36 Å². The summed E-state index contributed by atoms with van der Waals surface area (Å²) in [6, 6.07) is 14.1. The lowest BCUT2D eigenvalue weighted by atomic mass is 9.93. The highest BCUT2D eigenvalue weighted by molar-refractivity contribution is 7.86. The average molecular weight is 503 g/mol. The van der Waals surface area contributed by atoms with Crippen LogP contribution in [-0.4, -0.2) is 39.0 Å². The molecule has 0 saturated carbocycles. The van der Waals surface area contributed by atoms with E-state index < -0.39 is 30.0 Å². The first-order valence-electron chi connectivity index (χ1n) is 10.6. The second-order valence-electron chi connectivity index (χ2n) is 7.94. The van der Waals surface area contributed by atoms with Gasteiger partial charge in [0.25, 0.3) is 20.2 Å². The predicted molar refractivity (Wildman–Crippen MR) is 129 cm³/mol. The molecule has 8 nitrogen and oxygen atoms in total. The summed E-state index contributed by atoms with van der Waals surface area (Å²) < 4.78 is 75.6. The van der Waals surface area contributed by atoms with Crippen molar-refractivity contribution in [1.82, 2.24) is 4.58 Å². The van der Waals surface area contributed by atoms with E-state index in [1.165, 1.54) is 6.07 Å². The summed E-state index contributed by atoms with van der Waals surface area (Å²) in [7, 11) is -9.55. The van der Waals surface area contributed by atoms with Crippen molar-refractivity contribution in [2.45, 2.75) is 30.6 Å². The quantitative estimate of drug-likeness (QED) is 0.241. The van der Waals surface area contributed by atoms with Crippen LogP contribution in [0.5, 0.6) is 0 Å². The first-order chi connectivity index (χ1) is 15.9. The normalized spacial score (nSPS) is 12.4. The summed E-state index contributed by atoms with van der Waals surface area (Å²) in [5.41, 5.74) is 2.55. The second kappa shape index (κ2) is 8.62. The van der Waals surface area contributed by atoms with Gasteiger partial charge in [0.05, 0.1) is 11.0 Å². The van der Waals surface area contributed by atoms with Crippen LogP contribution in [0.2, 0.25) is 0 Å². The molecule has 2 aromatic rings. The van der Waals surface area contributed by atoms with E-state index in [-0.39, 0.29) is 5.56 Å². The summed E-state index contributed by atoms with van der Waals surface area (Å²) in [4.78, 5) is -1.28. The van der Waals surface area contributed by atoms with Crippen molar-refractivity contribution in [2.24, 2.45) is 0 Å². The molecule has 1 aliphatic carbocycles. The molecular weight excluding hydrogens is 478 g/mol. The molecule has 2 N–H and O–H groups in total. The van der Waals surface area contributed by atoms with Crippen molar-refractivity contribution >= 4 is 31.2 Å². The Balaban J connectivity index is 2.21. The molecule has 10 heteroatoms. The van der Waals surface area contributed by atoms with Gasteiger partial charge in [-0.15, -0.1) is 0 Å². The third kappa shape index (κ3) is 4.37. The molecule has 0 atom stereocenters. The Kier molecular flexibility index (Phi) is 6.11. The summed E-state index contributed by atoms with van der Waals surface area (Å²) in [6.07, 6.45) is 0. The van der Waals surface area contributed by atoms with Crippen LogP contribution < -0.4 is 9.93 Å². The standard InChI is InChI=1S/C24H23NO7S2/c1-4-25(5-2)16-7-10-19-22(13-16)32-21-12-15(3)6-9-18(21)24(19)20-11-8-17(33(26,27)28)14-23(20)34(29,30)31/h6-14H,4-5H2,1-3H3,(H-,26,27,28,29,30,31)/p+1. The van der Waals surface area contributed by atoms with E-state index in [2.05, 4.69) is 4.58 Å². The van der Waals surface area contributed by atoms with Gasteiger partial charge in [0, 0.05) is 28.1 Å². The average Bonchev–Trinajstić information content (AvgIpc) is 2.76. The zero-order valence-electron chi connectivity index (χ0n) is 18.8. The molecular formula is C24H24NO7S2+. The van der Waals surface area contributed by atoms with E-state index in [1.807, 2.05) is 51.1 Å². The van der Waals surface area contributed by atoms with Gasteiger partial charge in [-0.25, -0.2) is 4.58 Å². The Hall–Kier alpha value is -3.05. The van der Waals surface area contributed by atoms with E-state index in [0.717, 1.165) is 36.1 Å². The Labute approximate surface area is 197 Å². The largest absolute Gasteiger partial charge is 0.456 e. The highest BCUT2D eigenvalue weighted by Crippen LogP contribution is 2.42. The van der Waals surface area contributed by atoms with E-state index >= 15 is 0 Å². The zero-order valence-corrected chi connectivity index (χ0v) is 20.4. The van der Waals surface area contributed by atoms with Gasteiger partial charge in [-0.3, -0.25) is 9.11 Å². The molecule has 1 heterocycles. The van der Waals surface area contributed by atoms with Gasteiger partial charge >= 0.3 is 0 Å². The molecule has 34 heavy (non-hydrogen) atoms. The molecule has 2 aromatic carbocycles. The fourth-order valence-corrected chi connectivity index (χ4v) is 5.45. The maximum Gasteiger partial charge on any atom is 0.295 e. The zero-order chi connectivity index (χ0) is 24.8. The fraction of sp³-hybridized carbons (Fsp3) is 0.208. The Morgan fingerprint density at radius 3 is 2.12 bits per heavy atom. The minimum Gasteiger partial charge on any atom is -0.456 e. The van der Waals surface area contributed by atoms with Crippen LogP contribution in [0.15, 0.2) is 68.8 Å². The number of rotatable bonds is 5. The minimum absolute atomic E-state index is 0.0835. The van der Waals surface area contributed by atoms with Gasteiger partial charge in [-0.05, 0) is 50.6 Å². The molecule has 2 aliphatic rings. The van der Waals surface area contributed by atoms with Crippen molar-refractivity contribution in [3.05, 3.63) is 65.5 Å². The fourth-order valence-electron chi connectivity index (χ4n) is 4.14. The van der Waals surface area contributed by atoms with E-state index in [4.69, 9.17) is 4.42 Å². The number of fused-ring (bicyclic) bond motifs is 2.